The van der Waals surface area contributed by atoms with E-state index in [1.165, 1.54) is 10.2 Å². The molecule has 1 N–H and O–H groups in total. The number of carbonyl (C=O) groups excluding carboxylic acids is 1. The van der Waals surface area contributed by atoms with E-state index in [0.717, 1.165) is 28.6 Å². The van der Waals surface area contributed by atoms with Gasteiger partial charge in [-0.2, -0.15) is 5.10 Å². The molecule has 2 aromatic heterocycles. The monoisotopic (exact) mass is 426 g/mol. The molecule has 0 radical (unpaired) electrons. The molecule has 162 valence electrons. The molecule has 4 rings (SSSR count). The molecule has 0 bridgehead atoms. The number of hydrogen-bond donors (Lipinski definition) is 1. The molecular formula is C26H26N4O2. The van der Waals surface area contributed by atoms with Gasteiger partial charge >= 0.3 is 0 Å². The van der Waals surface area contributed by atoms with E-state index in [-0.39, 0.29) is 17.9 Å². The normalized spacial score (nSPS) is 12.1. The molecule has 0 fully saturated rings. The molecule has 1 atom stereocenters. The van der Waals surface area contributed by atoms with Crippen molar-refractivity contribution in [1.82, 2.24) is 20.1 Å². The maximum absolute atomic E-state index is 13.2. The van der Waals surface area contributed by atoms with Gasteiger partial charge in [0.1, 0.15) is 6.54 Å². The Labute approximate surface area is 186 Å². The lowest BCUT2D eigenvalue weighted by Crippen LogP contribution is -2.34. The number of aromatic nitrogens is 3. The van der Waals surface area contributed by atoms with Crippen molar-refractivity contribution in [2.75, 3.05) is 7.05 Å². The maximum atomic E-state index is 13.2. The van der Waals surface area contributed by atoms with Gasteiger partial charge in [0.2, 0.25) is 0 Å². The molecule has 6 nitrogen and oxygen atoms in total. The fraction of sp³-hybridized carbons (Fsp3) is 0.231. The van der Waals surface area contributed by atoms with Gasteiger partial charge in [-0.05, 0) is 42.3 Å². The second-order valence-corrected chi connectivity index (χ2v) is 7.78. The third kappa shape index (κ3) is 4.50. The average Bonchev–Trinajstić information content (AvgIpc) is 2.83. The van der Waals surface area contributed by atoms with E-state index in [0.29, 0.717) is 11.8 Å². The minimum absolute atomic E-state index is 0.106. The molecule has 0 spiro atoms. The molecule has 4 aromatic rings. The molecule has 6 heteroatoms. The number of aryl methyl sites for hydroxylation is 1. The fourth-order valence-corrected chi connectivity index (χ4v) is 3.94. The topological polar surface area (TPSA) is 76.9 Å². The third-order valence-electron chi connectivity index (χ3n) is 5.68. The van der Waals surface area contributed by atoms with Gasteiger partial charge in [0.25, 0.3) is 5.56 Å². The van der Waals surface area contributed by atoms with Crippen LogP contribution in [0, 0.1) is 0 Å². The number of hydrogen-bond acceptors (Lipinski definition) is 5. The minimum atomic E-state index is -0.511. The van der Waals surface area contributed by atoms with Gasteiger partial charge in [-0.3, -0.25) is 14.6 Å². The standard InChI is InChI=1S/C26H26N4O2/c1-3-18-10-12-20(13-11-18)25(27-2)24(31)17-30-26(32)22-9-5-4-8-21(22)23(29-30)15-19-7-6-14-28-16-19/h4-14,16,25,27H,3,15,17H2,1-2H3. The second-order valence-electron chi connectivity index (χ2n) is 7.78. The van der Waals surface area contributed by atoms with E-state index in [2.05, 4.69) is 22.3 Å². The van der Waals surface area contributed by atoms with Crippen molar-refractivity contribution in [3.8, 4) is 0 Å². The Morgan fingerprint density at radius 1 is 1.00 bits per heavy atom. The molecule has 2 heterocycles. The summed E-state index contributed by atoms with van der Waals surface area (Å²) in [5.41, 5.74) is 3.56. The van der Waals surface area contributed by atoms with Crippen LogP contribution in [0.15, 0.2) is 77.9 Å². The molecule has 0 saturated heterocycles. The molecule has 0 amide bonds. The summed E-state index contributed by atoms with van der Waals surface area (Å²) in [5.74, 6) is -0.117. The van der Waals surface area contributed by atoms with Crippen molar-refractivity contribution in [3.63, 3.8) is 0 Å². The summed E-state index contributed by atoms with van der Waals surface area (Å²) in [6.07, 6.45) is 4.97. The number of pyridine rings is 1. The Bertz CT molecular complexity index is 1280. The van der Waals surface area contributed by atoms with E-state index in [1.807, 2.05) is 54.6 Å². The van der Waals surface area contributed by atoms with Crippen LogP contribution in [0.3, 0.4) is 0 Å². The number of carbonyl (C=O) groups is 1. The zero-order chi connectivity index (χ0) is 22.5. The summed E-state index contributed by atoms with van der Waals surface area (Å²) in [4.78, 5) is 30.5. The van der Waals surface area contributed by atoms with Gasteiger partial charge < -0.3 is 5.32 Å². The van der Waals surface area contributed by atoms with Crippen LogP contribution in [0.2, 0.25) is 0 Å². The van der Waals surface area contributed by atoms with Crippen LogP contribution in [0.25, 0.3) is 10.8 Å². The second kappa shape index (κ2) is 9.66. The largest absolute Gasteiger partial charge is 0.307 e. The van der Waals surface area contributed by atoms with Crippen molar-refractivity contribution in [2.45, 2.75) is 32.4 Å². The molecule has 0 saturated carbocycles. The lowest BCUT2D eigenvalue weighted by Gasteiger charge is -2.17. The van der Waals surface area contributed by atoms with Gasteiger partial charge in [0.05, 0.1) is 17.1 Å². The van der Waals surface area contributed by atoms with Crippen LogP contribution >= 0.6 is 0 Å². The van der Waals surface area contributed by atoms with Crippen molar-refractivity contribution in [2.24, 2.45) is 0 Å². The van der Waals surface area contributed by atoms with Gasteiger partial charge in [-0.15, -0.1) is 0 Å². The number of fused-ring (bicyclic) bond motifs is 1. The van der Waals surface area contributed by atoms with Crippen LogP contribution in [-0.2, 0) is 24.2 Å². The smallest absolute Gasteiger partial charge is 0.275 e. The number of Topliss-reactive ketones (excluding diaryl/α,β-unsaturated/α-hetero) is 1. The lowest BCUT2D eigenvalue weighted by molar-refractivity contribution is -0.121. The molecular weight excluding hydrogens is 400 g/mol. The van der Waals surface area contributed by atoms with Crippen molar-refractivity contribution in [1.29, 1.82) is 0 Å². The van der Waals surface area contributed by atoms with Crippen molar-refractivity contribution >= 4 is 16.6 Å². The Morgan fingerprint density at radius 2 is 1.75 bits per heavy atom. The quantitative estimate of drug-likeness (QED) is 0.467. The maximum Gasteiger partial charge on any atom is 0.275 e. The highest BCUT2D eigenvalue weighted by atomic mass is 16.1. The van der Waals surface area contributed by atoms with Crippen LogP contribution < -0.4 is 10.9 Å². The van der Waals surface area contributed by atoms with Gasteiger partial charge in [-0.1, -0.05) is 55.5 Å². The molecule has 32 heavy (non-hydrogen) atoms. The minimum Gasteiger partial charge on any atom is -0.307 e. The highest BCUT2D eigenvalue weighted by Gasteiger charge is 2.21. The first-order chi connectivity index (χ1) is 15.6. The zero-order valence-electron chi connectivity index (χ0n) is 18.3. The first-order valence-corrected chi connectivity index (χ1v) is 10.8. The predicted octanol–water partition coefficient (Wildman–Crippen LogP) is 3.47. The summed E-state index contributed by atoms with van der Waals surface area (Å²) < 4.78 is 1.29. The highest BCUT2D eigenvalue weighted by molar-refractivity contribution is 5.86. The number of ketones is 1. The Kier molecular flexibility index (Phi) is 6.52. The number of nitrogens with zero attached hydrogens (tertiary/aromatic N) is 3. The summed E-state index contributed by atoms with van der Waals surface area (Å²) in [6, 6.07) is 18.7. The van der Waals surface area contributed by atoms with Crippen LogP contribution in [0.5, 0.6) is 0 Å². The molecule has 2 aromatic carbocycles. The summed E-state index contributed by atoms with van der Waals surface area (Å²) in [7, 11) is 1.75. The van der Waals surface area contributed by atoms with Crippen LogP contribution in [0.4, 0.5) is 0 Å². The van der Waals surface area contributed by atoms with Crippen molar-refractivity contribution < 1.29 is 4.79 Å². The van der Waals surface area contributed by atoms with Gasteiger partial charge in [0.15, 0.2) is 5.78 Å². The summed E-state index contributed by atoms with van der Waals surface area (Å²) >= 11 is 0. The average molecular weight is 427 g/mol. The third-order valence-corrected chi connectivity index (χ3v) is 5.68. The van der Waals surface area contributed by atoms with E-state index in [4.69, 9.17) is 0 Å². The summed E-state index contributed by atoms with van der Waals surface area (Å²) in [6.45, 7) is 1.99. The molecule has 1 unspecified atom stereocenters. The Balaban J connectivity index is 1.69. The predicted molar refractivity (Wildman–Crippen MR) is 126 cm³/mol. The van der Waals surface area contributed by atoms with E-state index in [1.54, 1.807) is 25.5 Å². The first kappa shape index (κ1) is 21.6. The molecule has 0 aliphatic rings. The van der Waals surface area contributed by atoms with Crippen molar-refractivity contribution in [3.05, 3.63) is 106 Å². The number of likely N-dealkylation sites (N-methyl/N-ethyl adjacent to an activating group) is 1. The highest BCUT2D eigenvalue weighted by Crippen LogP contribution is 2.18. The number of rotatable bonds is 8. The van der Waals surface area contributed by atoms with Crippen LogP contribution in [0.1, 0.15) is 35.3 Å². The van der Waals surface area contributed by atoms with E-state index >= 15 is 0 Å². The zero-order valence-corrected chi connectivity index (χ0v) is 18.3. The fourth-order valence-electron chi connectivity index (χ4n) is 3.94. The Morgan fingerprint density at radius 3 is 2.41 bits per heavy atom. The first-order valence-electron chi connectivity index (χ1n) is 10.8. The summed E-state index contributed by atoms with van der Waals surface area (Å²) in [5, 5.41) is 9.04. The van der Waals surface area contributed by atoms with E-state index < -0.39 is 6.04 Å². The SMILES string of the molecule is CCc1ccc(C(NC)C(=O)Cn2nc(Cc3cccnc3)c3ccccc3c2=O)cc1. The number of benzene rings is 2. The molecule has 0 aliphatic heterocycles. The van der Waals surface area contributed by atoms with Gasteiger partial charge in [-0.25, -0.2) is 4.68 Å². The lowest BCUT2D eigenvalue weighted by atomic mass is 10.0. The molecule has 0 aliphatic carbocycles. The van der Waals surface area contributed by atoms with Gasteiger partial charge in [0, 0.05) is 24.2 Å². The Hall–Kier alpha value is -3.64. The number of nitrogens with one attached hydrogen (secondary N) is 1. The van der Waals surface area contributed by atoms with E-state index in [9.17, 15) is 9.59 Å². The van der Waals surface area contributed by atoms with Crippen LogP contribution in [-0.4, -0.2) is 27.6 Å².